The van der Waals surface area contributed by atoms with Crippen LogP contribution in [0.15, 0.2) is 36.8 Å². The number of ether oxygens (including phenoxy) is 1. The molecule has 3 aromatic heterocycles. The lowest BCUT2D eigenvalue weighted by atomic mass is 9.86. The summed E-state index contributed by atoms with van der Waals surface area (Å²) in [5.74, 6) is 1.94. The van der Waals surface area contributed by atoms with Crippen molar-refractivity contribution in [3.05, 3.63) is 41.9 Å². The summed E-state index contributed by atoms with van der Waals surface area (Å²) in [6, 6.07) is 6.30. The number of halogens is 1. The third-order valence-corrected chi connectivity index (χ3v) is 6.06. The van der Waals surface area contributed by atoms with Crippen molar-refractivity contribution in [1.82, 2.24) is 19.9 Å². The van der Waals surface area contributed by atoms with Crippen LogP contribution < -0.4 is 15.5 Å². The van der Waals surface area contributed by atoms with E-state index in [1.807, 2.05) is 18.2 Å². The number of fused-ring (bicyclic) bond motifs is 1. The van der Waals surface area contributed by atoms with Crippen molar-refractivity contribution in [2.24, 2.45) is 5.92 Å². The quantitative estimate of drug-likeness (QED) is 0.528. The van der Waals surface area contributed by atoms with Crippen molar-refractivity contribution in [3.8, 4) is 0 Å². The number of methoxy groups -OCH3 is 1. The zero-order valence-corrected chi connectivity index (χ0v) is 18.8. The molecule has 10 heteroatoms. The Hall–Kier alpha value is -3.20. The number of nitrogens with one attached hydrogen (secondary N) is 2. The first kappa shape index (κ1) is 22.0. The second-order valence-corrected chi connectivity index (χ2v) is 8.26. The van der Waals surface area contributed by atoms with Crippen LogP contribution in [0.3, 0.4) is 0 Å². The number of aromatic nitrogens is 4. The molecule has 1 fully saturated rings. The Morgan fingerprint density at radius 1 is 1.16 bits per heavy atom. The summed E-state index contributed by atoms with van der Waals surface area (Å²) in [6.45, 7) is 0.814. The highest BCUT2D eigenvalue weighted by Crippen LogP contribution is 2.28. The number of carbonyl (C=O) groups excluding carboxylic acids is 1. The molecule has 4 rings (SSSR count). The average molecular weight is 456 g/mol. The summed E-state index contributed by atoms with van der Waals surface area (Å²) in [5.41, 5.74) is 1.30. The molecule has 3 aromatic rings. The van der Waals surface area contributed by atoms with Gasteiger partial charge in [-0.2, -0.15) is 0 Å². The molecule has 0 bridgehead atoms. The summed E-state index contributed by atoms with van der Waals surface area (Å²) in [7, 11) is 2.95. The minimum absolute atomic E-state index is 0.385. The van der Waals surface area contributed by atoms with Gasteiger partial charge in [0.1, 0.15) is 11.3 Å². The first-order valence-corrected chi connectivity index (χ1v) is 11.0. The van der Waals surface area contributed by atoms with E-state index in [4.69, 9.17) is 16.3 Å². The first-order chi connectivity index (χ1) is 15.5. The molecule has 3 heterocycles. The van der Waals surface area contributed by atoms with Gasteiger partial charge in [-0.3, -0.25) is 4.90 Å². The molecule has 1 saturated carbocycles. The molecule has 168 valence electrons. The van der Waals surface area contributed by atoms with Crippen molar-refractivity contribution >= 4 is 46.1 Å². The number of carbonyl (C=O) groups is 1. The maximum Gasteiger partial charge on any atom is 0.413 e. The number of rotatable bonds is 6. The van der Waals surface area contributed by atoms with E-state index in [1.54, 1.807) is 25.6 Å². The van der Waals surface area contributed by atoms with Crippen LogP contribution >= 0.6 is 11.6 Å². The summed E-state index contributed by atoms with van der Waals surface area (Å²) < 4.78 is 4.69. The van der Waals surface area contributed by atoms with E-state index in [0.29, 0.717) is 28.7 Å². The Kier molecular flexibility index (Phi) is 6.84. The van der Waals surface area contributed by atoms with Crippen molar-refractivity contribution < 1.29 is 9.53 Å². The minimum atomic E-state index is -0.460. The van der Waals surface area contributed by atoms with Crippen molar-refractivity contribution in [2.45, 2.75) is 31.7 Å². The summed E-state index contributed by atoms with van der Waals surface area (Å²) in [6.07, 6.45) is 8.77. The minimum Gasteiger partial charge on any atom is -0.452 e. The third-order valence-electron chi connectivity index (χ3n) is 5.79. The van der Waals surface area contributed by atoms with Crippen LogP contribution in [-0.2, 0) is 4.74 Å². The van der Waals surface area contributed by atoms with Gasteiger partial charge < -0.3 is 15.4 Å². The second kappa shape index (κ2) is 9.95. The molecular weight excluding hydrogens is 430 g/mol. The van der Waals surface area contributed by atoms with Crippen LogP contribution in [0, 0.1) is 5.92 Å². The normalized spacial score (nSPS) is 18.2. The molecule has 0 aromatic carbocycles. The molecule has 0 unspecified atom stereocenters. The zero-order chi connectivity index (χ0) is 22.5. The predicted molar refractivity (Wildman–Crippen MR) is 125 cm³/mol. The van der Waals surface area contributed by atoms with E-state index in [9.17, 15) is 4.79 Å². The van der Waals surface area contributed by atoms with Gasteiger partial charge in [0.15, 0.2) is 5.15 Å². The van der Waals surface area contributed by atoms with Gasteiger partial charge in [0.2, 0.25) is 5.95 Å². The van der Waals surface area contributed by atoms with E-state index in [0.717, 1.165) is 48.9 Å². The molecule has 1 aliphatic rings. The van der Waals surface area contributed by atoms with Gasteiger partial charge in [0, 0.05) is 31.2 Å². The van der Waals surface area contributed by atoms with Gasteiger partial charge in [-0.1, -0.05) is 11.6 Å². The molecule has 0 spiro atoms. The Morgan fingerprint density at radius 3 is 2.62 bits per heavy atom. The molecule has 0 aliphatic heterocycles. The molecule has 0 radical (unpaired) electrons. The molecule has 2 N–H and O–H groups in total. The van der Waals surface area contributed by atoms with Gasteiger partial charge in [0.05, 0.1) is 25.2 Å². The van der Waals surface area contributed by atoms with E-state index < -0.39 is 6.09 Å². The maximum absolute atomic E-state index is 11.6. The van der Waals surface area contributed by atoms with E-state index in [2.05, 4.69) is 30.6 Å². The Labute approximate surface area is 191 Å². The lowest BCUT2D eigenvalue weighted by Crippen LogP contribution is -2.29. The highest BCUT2D eigenvalue weighted by molar-refractivity contribution is 6.33. The van der Waals surface area contributed by atoms with Gasteiger partial charge >= 0.3 is 6.09 Å². The van der Waals surface area contributed by atoms with Crippen LogP contribution in [0.25, 0.3) is 10.9 Å². The largest absolute Gasteiger partial charge is 0.452 e. The Bertz CT molecular complexity index is 1070. The fourth-order valence-electron chi connectivity index (χ4n) is 3.88. The summed E-state index contributed by atoms with van der Waals surface area (Å²) >= 11 is 6.18. The molecule has 1 aliphatic carbocycles. The van der Waals surface area contributed by atoms with Gasteiger partial charge in [-0.15, -0.1) is 0 Å². The van der Waals surface area contributed by atoms with E-state index in [1.165, 1.54) is 12.0 Å². The fraction of sp³-hybridized carbons (Fsp3) is 0.409. The fourth-order valence-corrected chi connectivity index (χ4v) is 4.09. The van der Waals surface area contributed by atoms with Crippen LogP contribution in [0.2, 0.25) is 5.15 Å². The Balaban J connectivity index is 1.25. The van der Waals surface area contributed by atoms with Gasteiger partial charge in [0.25, 0.3) is 0 Å². The standard InChI is InChI=1S/C22H26ClN7O2/c1-30(22(31)32-2)17-12-26-21(27-13-17)25-11-14-3-6-16(7-4-14)28-18-8-5-15-9-10-24-20(23)19(15)29-18/h5,8-10,12-14,16H,3-4,6-7,11H2,1-2H3,(H,28,29)(H,25,26,27)/t14-,16-. The lowest BCUT2D eigenvalue weighted by Gasteiger charge is -2.29. The van der Waals surface area contributed by atoms with E-state index >= 15 is 0 Å². The molecule has 0 atom stereocenters. The number of hydrogen-bond donors (Lipinski definition) is 2. The molecular formula is C22H26ClN7O2. The summed E-state index contributed by atoms with van der Waals surface area (Å²) in [4.78, 5) is 30.2. The number of anilines is 3. The molecule has 9 nitrogen and oxygen atoms in total. The number of amides is 1. The highest BCUT2D eigenvalue weighted by Gasteiger charge is 2.22. The van der Waals surface area contributed by atoms with Crippen LogP contribution in [0.1, 0.15) is 25.7 Å². The SMILES string of the molecule is COC(=O)N(C)c1cnc(NC[C@H]2CC[C@H](Nc3ccc4ccnc(Cl)c4n3)CC2)nc1. The number of hydrogen-bond acceptors (Lipinski definition) is 8. The smallest absolute Gasteiger partial charge is 0.413 e. The van der Waals surface area contributed by atoms with Gasteiger partial charge in [-0.25, -0.2) is 24.7 Å². The second-order valence-electron chi connectivity index (χ2n) is 7.91. The highest BCUT2D eigenvalue weighted by atomic mass is 35.5. The molecule has 1 amide bonds. The van der Waals surface area contributed by atoms with Crippen LogP contribution in [0.4, 0.5) is 22.2 Å². The average Bonchev–Trinajstić information content (AvgIpc) is 2.83. The predicted octanol–water partition coefficient (Wildman–Crippen LogP) is 4.36. The van der Waals surface area contributed by atoms with Crippen LogP contribution in [-0.4, -0.2) is 52.8 Å². The monoisotopic (exact) mass is 455 g/mol. The molecule has 32 heavy (non-hydrogen) atoms. The zero-order valence-electron chi connectivity index (χ0n) is 18.1. The molecule has 0 saturated heterocycles. The van der Waals surface area contributed by atoms with Crippen molar-refractivity contribution in [1.29, 1.82) is 0 Å². The van der Waals surface area contributed by atoms with Crippen LogP contribution in [0.5, 0.6) is 0 Å². The topological polar surface area (TPSA) is 105 Å². The number of pyridine rings is 2. The Morgan fingerprint density at radius 2 is 1.91 bits per heavy atom. The first-order valence-electron chi connectivity index (χ1n) is 10.6. The van der Waals surface area contributed by atoms with Crippen molar-refractivity contribution in [3.63, 3.8) is 0 Å². The lowest BCUT2D eigenvalue weighted by molar-refractivity contribution is 0.180. The summed E-state index contributed by atoms with van der Waals surface area (Å²) in [5, 5.41) is 8.25. The maximum atomic E-state index is 11.6. The van der Waals surface area contributed by atoms with Crippen molar-refractivity contribution in [2.75, 3.05) is 36.2 Å². The van der Waals surface area contributed by atoms with Gasteiger partial charge in [-0.05, 0) is 49.8 Å². The number of nitrogens with zero attached hydrogens (tertiary/aromatic N) is 5. The third kappa shape index (κ3) is 5.16. The van der Waals surface area contributed by atoms with E-state index in [-0.39, 0.29) is 0 Å².